The Balaban J connectivity index is 0.00000196. The van der Waals surface area contributed by atoms with Gasteiger partial charge in [0.15, 0.2) is 0 Å². The molecule has 1 aromatic carbocycles. The van der Waals surface area contributed by atoms with Gasteiger partial charge in [-0.3, -0.25) is 0 Å². The molecule has 2 nitrogen and oxygen atoms in total. The van der Waals surface area contributed by atoms with Crippen molar-refractivity contribution in [3.63, 3.8) is 0 Å². The standard InChI is InChI=1S/C11H17NOS.ClH/c1-13-8-7-10(12)9-14-11-5-3-2-4-6-11;/h2-6,10H,7-9,12H2,1H3;1H/t10-;/m1./s1. The molecule has 86 valence electrons. The molecule has 0 aliphatic heterocycles. The second-order valence-electron chi connectivity index (χ2n) is 3.17. The van der Waals surface area contributed by atoms with Gasteiger partial charge in [-0.2, -0.15) is 0 Å². The molecule has 0 unspecified atom stereocenters. The fourth-order valence-electron chi connectivity index (χ4n) is 1.07. The van der Waals surface area contributed by atoms with Crippen LogP contribution in [0.1, 0.15) is 6.42 Å². The fraction of sp³-hybridized carbons (Fsp3) is 0.455. The Kier molecular flexibility index (Phi) is 8.91. The van der Waals surface area contributed by atoms with E-state index < -0.39 is 0 Å². The Morgan fingerprint density at radius 2 is 2.00 bits per heavy atom. The lowest BCUT2D eigenvalue weighted by atomic mass is 10.3. The van der Waals surface area contributed by atoms with E-state index in [0.29, 0.717) is 0 Å². The zero-order valence-corrected chi connectivity index (χ0v) is 10.5. The highest BCUT2D eigenvalue weighted by Gasteiger charge is 2.02. The molecule has 0 aliphatic carbocycles. The number of halogens is 1. The van der Waals surface area contributed by atoms with E-state index in [4.69, 9.17) is 10.5 Å². The smallest absolute Gasteiger partial charge is 0.0477 e. The number of hydrogen-bond donors (Lipinski definition) is 1. The first-order chi connectivity index (χ1) is 6.83. The van der Waals surface area contributed by atoms with Gasteiger partial charge in [-0.05, 0) is 18.6 Å². The van der Waals surface area contributed by atoms with Gasteiger partial charge in [0.25, 0.3) is 0 Å². The van der Waals surface area contributed by atoms with Crippen molar-refractivity contribution >= 4 is 24.2 Å². The minimum Gasteiger partial charge on any atom is -0.385 e. The molecule has 15 heavy (non-hydrogen) atoms. The zero-order chi connectivity index (χ0) is 10.2. The van der Waals surface area contributed by atoms with Crippen molar-refractivity contribution < 1.29 is 4.74 Å². The van der Waals surface area contributed by atoms with Crippen LogP contribution >= 0.6 is 24.2 Å². The van der Waals surface area contributed by atoms with E-state index in [0.717, 1.165) is 18.8 Å². The number of methoxy groups -OCH3 is 1. The summed E-state index contributed by atoms with van der Waals surface area (Å²) in [6, 6.07) is 10.5. The van der Waals surface area contributed by atoms with Crippen LogP contribution in [0.2, 0.25) is 0 Å². The zero-order valence-electron chi connectivity index (χ0n) is 8.89. The van der Waals surface area contributed by atoms with Crippen LogP contribution < -0.4 is 5.73 Å². The molecule has 0 heterocycles. The second kappa shape index (κ2) is 9.04. The van der Waals surface area contributed by atoms with E-state index in [-0.39, 0.29) is 18.4 Å². The maximum Gasteiger partial charge on any atom is 0.0477 e. The predicted octanol–water partition coefficient (Wildman–Crippen LogP) is 2.56. The summed E-state index contributed by atoms with van der Waals surface area (Å²) in [5.41, 5.74) is 5.91. The van der Waals surface area contributed by atoms with Crippen LogP contribution in [-0.4, -0.2) is 25.5 Å². The summed E-state index contributed by atoms with van der Waals surface area (Å²) < 4.78 is 4.98. The lowest BCUT2D eigenvalue weighted by molar-refractivity contribution is 0.190. The van der Waals surface area contributed by atoms with Gasteiger partial charge in [-0.25, -0.2) is 0 Å². The summed E-state index contributed by atoms with van der Waals surface area (Å²) in [6.45, 7) is 0.747. The Labute approximate surface area is 102 Å². The van der Waals surface area contributed by atoms with Crippen molar-refractivity contribution in [2.45, 2.75) is 17.4 Å². The molecular weight excluding hydrogens is 230 g/mol. The Morgan fingerprint density at radius 3 is 2.60 bits per heavy atom. The molecule has 0 aliphatic rings. The van der Waals surface area contributed by atoms with E-state index in [9.17, 15) is 0 Å². The molecule has 1 atom stereocenters. The number of ether oxygens (including phenoxy) is 1. The summed E-state index contributed by atoms with van der Waals surface area (Å²) in [4.78, 5) is 1.28. The first-order valence-electron chi connectivity index (χ1n) is 4.75. The number of benzene rings is 1. The molecule has 1 aromatic rings. The average molecular weight is 248 g/mol. The van der Waals surface area contributed by atoms with Gasteiger partial charge >= 0.3 is 0 Å². The van der Waals surface area contributed by atoms with E-state index in [2.05, 4.69) is 12.1 Å². The Morgan fingerprint density at radius 1 is 1.33 bits per heavy atom. The van der Waals surface area contributed by atoms with Gasteiger partial charge in [-0.1, -0.05) is 18.2 Å². The van der Waals surface area contributed by atoms with Crippen molar-refractivity contribution in [1.29, 1.82) is 0 Å². The van der Waals surface area contributed by atoms with E-state index in [1.807, 2.05) is 18.2 Å². The second-order valence-corrected chi connectivity index (χ2v) is 4.26. The van der Waals surface area contributed by atoms with Gasteiger partial charge < -0.3 is 10.5 Å². The predicted molar refractivity (Wildman–Crippen MR) is 68.9 cm³/mol. The highest BCUT2D eigenvalue weighted by molar-refractivity contribution is 7.99. The minimum atomic E-state index is 0. The quantitative estimate of drug-likeness (QED) is 0.785. The molecule has 0 aromatic heterocycles. The first kappa shape index (κ1) is 14.8. The maximum absolute atomic E-state index is 5.91. The topological polar surface area (TPSA) is 35.2 Å². The number of nitrogens with two attached hydrogens (primary N) is 1. The minimum absolute atomic E-state index is 0. The highest BCUT2D eigenvalue weighted by Crippen LogP contribution is 2.17. The molecule has 1 rings (SSSR count). The lowest BCUT2D eigenvalue weighted by Gasteiger charge is -2.09. The molecule has 4 heteroatoms. The van der Waals surface area contributed by atoms with E-state index in [1.54, 1.807) is 18.9 Å². The third-order valence-electron chi connectivity index (χ3n) is 1.90. The highest BCUT2D eigenvalue weighted by atomic mass is 35.5. The van der Waals surface area contributed by atoms with Crippen LogP contribution in [0.4, 0.5) is 0 Å². The van der Waals surface area contributed by atoms with Gasteiger partial charge in [0.1, 0.15) is 0 Å². The molecule has 0 spiro atoms. The van der Waals surface area contributed by atoms with Crippen molar-refractivity contribution in [2.24, 2.45) is 5.73 Å². The Bertz CT molecular complexity index is 246. The van der Waals surface area contributed by atoms with Crippen molar-refractivity contribution in [3.05, 3.63) is 30.3 Å². The number of hydrogen-bond acceptors (Lipinski definition) is 3. The summed E-state index contributed by atoms with van der Waals surface area (Å²) >= 11 is 1.80. The normalized spacial score (nSPS) is 11.9. The van der Waals surface area contributed by atoms with Crippen LogP contribution in [0.25, 0.3) is 0 Å². The molecule has 0 radical (unpaired) electrons. The van der Waals surface area contributed by atoms with Crippen LogP contribution in [0.15, 0.2) is 35.2 Å². The summed E-state index contributed by atoms with van der Waals surface area (Å²) in [5, 5.41) is 0. The summed E-state index contributed by atoms with van der Waals surface area (Å²) in [6.07, 6.45) is 0.927. The first-order valence-corrected chi connectivity index (χ1v) is 5.74. The molecular formula is C11H18ClNOS. The van der Waals surface area contributed by atoms with E-state index in [1.165, 1.54) is 4.90 Å². The van der Waals surface area contributed by atoms with E-state index >= 15 is 0 Å². The third-order valence-corrected chi connectivity index (χ3v) is 3.10. The third kappa shape index (κ3) is 6.79. The largest absolute Gasteiger partial charge is 0.385 e. The molecule has 0 saturated heterocycles. The van der Waals surface area contributed by atoms with Gasteiger partial charge in [-0.15, -0.1) is 24.2 Å². The van der Waals surface area contributed by atoms with Gasteiger partial charge in [0.2, 0.25) is 0 Å². The number of thioether (sulfide) groups is 1. The van der Waals surface area contributed by atoms with Crippen LogP contribution in [0.5, 0.6) is 0 Å². The Hall–Kier alpha value is -0.220. The number of rotatable bonds is 6. The van der Waals surface area contributed by atoms with Crippen LogP contribution in [-0.2, 0) is 4.74 Å². The van der Waals surface area contributed by atoms with Crippen molar-refractivity contribution in [2.75, 3.05) is 19.5 Å². The average Bonchev–Trinajstić information content (AvgIpc) is 2.25. The van der Waals surface area contributed by atoms with Crippen LogP contribution in [0.3, 0.4) is 0 Å². The van der Waals surface area contributed by atoms with Gasteiger partial charge in [0, 0.05) is 30.4 Å². The van der Waals surface area contributed by atoms with Crippen LogP contribution in [0, 0.1) is 0 Å². The SMILES string of the molecule is COCC[C@@H](N)CSc1ccccc1.Cl. The molecule has 0 fully saturated rings. The summed E-state index contributed by atoms with van der Waals surface area (Å²) in [5.74, 6) is 0.952. The lowest BCUT2D eigenvalue weighted by Crippen LogP contribution is -2.24. The fourth-order valence-corrected chi connectivity index (χ4v) is 2.00. The molecule has 0 bridgehead atoms. The molecule has 0 amide bonds. The molecule has 2 N–H and O–H groups in total. The monoisotopic (exact) mass is 247 g/mol. The van der Waals surface area contributed by atoms with Crippen molar-refractivity contribution in [3.8, 4) is 0 Å². The molecule has 0 saturated carbocycles. The maximum atomic E-state index is 5.91. The van der Waals surface area contributed by atoms with Gasteiger partial charge in [0.05, 0.1) is 0 Å². The van der Waals surface area contributed by atoms with Crippen molar-refractivity contribution in [1.82, 2.24) is 0 Å². The summed E-state index contributed by atoms with van der Waals surface area (Å²) in [7, 11) is 1.71.